The Morgan fingerprint density at radius 3 is 0.707 bits per heavy atom. The molecule has 0 saturated heterocycles. The third kappa shape index (κ3) is 125. The van der Waals surface area contributed by atoms with E-state index >= 15 is 0 Å². The van der Waals surface area contributed by atoms with Crippen LogP contribution in [-0.2, 0) is 14.4 Å². The Balaban J connectivity index is -0.0000000413. The Hall–Kier alpha value is -2.95. The second kappa shape index (κ2) is 71.0. The number of rotatable bonds is 4. The van der Waals surface area contributed by atoms with Gasteiger partial charge in [0.1, 0.15) is 5.78 Å². The molecular weight excluding hydrogens is 508 g/mol. The van der Waals surface area contributed by atoms with E-state index in [-0.39, 0.29) is 39.9 Å². The average molecular weight is 583 g/mol. The van der Waals surface area contributed by atoms with Crippen LogP contribution < -0.4 is 10.6 Å². The van der Waals surface area contributed by atoms with Gasteiger partial charge in [-0.15, -0.1) is 0 Å². The minimum atomic E-state index is 0. The zero-order chi connectivity index (χ0) is 30.9. The van der Waals surface area contributed by atoms with Crippen molar-refractivity contribution in [1.82, 2.24) is 10.6 Å². The number of amides is 2. The molecule has 0 aromatic heterocycles. The van der Waals surface area contributed by atoms with Crippen molar-refractivity contribution >= 4 is 17.6 Å². The van der Waals surface area contributed by atoms with Crippen molar-refractivity contribution in [3.8, 4) is 0 Å². The first kappa shape index (κ1) is 61.9. The van der Waals surface area contributed by atoms with E-state index in [0.717, 1.165) is 13.1 Å². The van der Waals surface area contributed by atoms with Gasteiger partial charge in [0.25, 0.3) is 0 Å². The normalized spacial score (nSPS) is 6.83. The summed E-state index contributed by atoms with van der Waals surface area (Å²) in [6, 6.07) is 24.0. The zero-order valence-corrected chi connectivity index (χ0v) is 26.9. The molecule has 0 heterocycles. The maximum atomic E-state index is 10.3. The van der Waals surface area contributed by atoms with E-state index in [2.05, 4.69) is 38.3 Å². The van der Waals surface area contributed by atoms with E-state index in [4.69, 9.17) is 0 Å². The molecule has 0 aliphatic heterocycles. The predicted octanol–water partition coefficient (Wildman–Crippen LogP) is 10.8. The van der Waals surface area contributed by atoms with Gasteiger partial charge in [-0.25, -0.2) is 0 Å². The summed E-state index contributed by atoms with van der Waals surface area (Å²) in [5, 5.41) is 5.23. The summed E-state index contributed by atoms with van der Waals surface area (Å²) in [6.45, 7) is 24.5. The van der Waals surface area contributed by atoms with Crippen LogP contribution in [-0.4, -0.2) is 30.7 Å². The molecule has 0 aliphatic carbocycles. The highest BCUT2D eigenvalue weighted by Crippen LogP contribution is 1.80. The summed E-state index contributed by atoms with van der Waals surface area (Å²) >= 11 is 0. The van der Waals surface area contributed by atoms with Gasteiger partial charge in [0, 0.05) is 32.9 Å². The molecule has 0 spiro atoms. The second-order valence-corrected chi connectivity index (χ2v) is 7.17. The Labute approximate surface area is 259 Å². The first-order chi connectivity index (χ1) is 18.2. The summed E-state index contributed by atoms with van der Waals surface area (Å²) < 4.78 is 0. The van der Waals surface area contributed by atoms with Crippen LogP contribution in [0.5, 0.6) is 0 Å². The fourth-order valence-corrected chi connectivity index (χ4v) is 1.34. The van der Waals surface area contributed by atoms with Gasteiger partial charge in [-0.1, -0.05) is 163 Å². The quantitative estimate of drug-likeness (QED) is 0.376. The number of Topliss-reactive ketones (excluding diaryl/α,β-unsaturated/α-hetero) is 1. The minimum absolute atomic E-state index is 0. The Bertz CT molecular complexity index is 547. The summed E-state index contributed by atoms with van der Waals surface area (Å²) in [7, 11) is 0. The fraction of sp³-hybridized carbons (Fsp3) is 0.583. The van der Waals surface area contributed by atoms with Gasteiger partial charge in [0.15, 0.2) is 0 Å². The molecule has 5 nitrogen and oxygen atoms in total. The van der Waals surface area contributed by atoms with E-state index in [9.17, 15) is 14.4 Å². The molecule has 2 amide bonds. The molecule has 0 fully saturated rings. The lowest BCUT2D eigenvalue weighted by molar-refractivity contribution is -0.121. The molecule has 0 unspecified atom stereocenters. The number of ketones is 1. The molecule has 246 valence electrons. The van der Waals surface area contributed by atoms with E-state index < -0.39 is 0 Å². The first-order valence-electron chi connectivity index (χ1n) is 14.2. The Kier molecular flexibility index (Phi) is 107. The maximum absolute atomic E-state index is 10.3. The van der Waals surface area contributed by atoms with E-state index in [0.29, 0.717) is 12.8 Å². The van der Waals surface area contributed by atoms with Gasteiger partial charge in [0.2, 0.25) is 11.8 Å². The minimum Gasteiger partial charge on any atom is -0.357 e. The fourth-order valence-electron chi connectivity index (χ4n) is 1.34. The van der Waals surface area contributed by atoms with E-state index in [1.165, 1.54) is 19.8 Å². The highest BCUT2D eigenvalue weighted by molar-refractivity contribution is 5.75. The molecule has 0 saturated carbocycles. The number of carbonyl (C=O) groups excluding carboxylic acids is 3. The number of carbonyl (C=O) groups is 3. The number of hydrogen-bond acceptors (Lipinski definition) is 3. The molecule has 2 aromatic rings. The molecule has 0 atom stereocenters. The number of benzene rings is 2. The molecule has 2 aromatic carbocycles. The van der Waals surface area contributed by atoms with E-state index in [1.807, 2.05) is 114 Å². The highest BCUT2D eigenvalue weighted by Gasteiger charge is 1.88. The molecular formula is C36H74N2O3. The molecule has 2 N–H and O–H groups in total. The highest BCUT2D eigenvalue weighted by atomic mass is 16.2. The lowest BCUT2D eigenvalue weighted by Crippen LogP contribution is -2.20. The SMILES string of the molecule is C.C.C.CC.CCC.CCC.CCC(C)=O.CCNC(=O)CC.CCNC(C)=O.c1ccccc1.c1ccccc1. The molecule has 2 rings (SSSR count). The second-order valence-electron chi connectivity index (χ2n) is 7.17. The van der Waals surface area contributed by atoms with Crippen molar-refractivity contribution in [2.75, 3.05) is 13.1 Å². The van der Waals surface area contributed by atoms with E-state index in [1.54, 1.807) is 6.92 Å². The standard InChI is InChI=1S/2C6H6.C5H11NO.C4H9NO.C4H8O.2C3H8.C2H6.3CH4/c2*1-2-4-6-5-3-1;1-3-5(7)6-4-2;1-3-5-4(2)6;1-3-4(2)5;2*1-3-2;1-2;;;/h2*1-6H;3-4H2,1-2H3,(H,6,7);3H2,1-2H3,(H,5,6);3H2,1-2H3;2*3H2,1-2H3;1-2H3;3*1H4. The maximum Gasteiger partial charge on any atom is 0.219 e. The van der Waals surface area contributed by atoms with Crippen LogP contribution in [0, 0.1) is 0 Å². The van der Waals surface area contributed by atoms with Gasteiger partial charge in [0.05, 0.1) is 0 Å². The van der Waals surface area contributed by atoms with Crippen molar-refractivity contribution in [3.63, 3.8) is 0 Å². The van der Waals surface area contributed by atoms with Crippen LogP contribution in [0.25, 0.3) is 0 Å². The lowest BCUT2D eigenvalue weighted by Gasteiger charge is -1.93. The summed E-state index contributed by atoms with van der Waals surface area (Å²) in [5.41, 5.74) is 0. The lowest BCUT2D eigenvalue weighted by atomic mass is 10.4. The van der Waals surface area contributed by atoms with Gasteiger partial charge in [-0.3, -0.25) is 9.59 Å². The summed E-state index contributed by atoms with van der Waals surface area (Å²) in [5.74, 6) is 0.421. The van der Waals surface area contributed by atoms with Crippen molar-refractivity contribution in [1.29, 1.82) is 0 Å². The average Bonchev–Trinajstić information content (AvgIpc) is 2.94. The van der Waals surface area contributed by atoms with Crippen molar-refractivity contribution in [3.05, 3.63) is 72.8 Å². The number of nitrogens with one attached hydrogen (secondary N) is 2. The van der Waals surface area contributed by atoms with Gasteiger partial charge in [-0.05, 0) is 20.8 Å². The third-order valence-electron chi connectivity index (χ3n) is 2.95. The van der Waals surface area contributed by atoms with Crippen LogP contribution in [0.2, 0.25) is 0 Å². The van der Waals surface area contributed by atoms with Gasteiger partial charge >= 0.3 is 0 Å². The molecule has 0 aliphatic rings. The predicted molar refractivity (Wildman–Crippen MR) is 191 cm³/mol. The summed E-state index contributed by atoms with van der Waals surface area (Å²) in [4.78, 5) is 30.0. The van der Waals surface area contributed by atoms with Gasteiger partial charge < -0.3 is 15.4 Å². The molecule has 0 bridgehead atoms. The van der Waals surface area contributed by atoms with Crippen molar-refractivity contribution < 1.29 is 14.4 Å². The van der Waals surface area contributed by atoms with Crippen LogP contribution in [0.15, 0.2) is 72.8 Å². The van der Waals surface area contributed by atoms with Crippen LogP contribution >= 0.6 is 0 Å². The Morgan fingerprint density at radius 2 is 0.659 bits per heavy atom. The zero-order valence-electron chi connectivity index (χ0n) is 26.9. The monoisotopic (exact) mass is 583 g/mol. The molecule has 0 radical (unpaired) electrons. The van der Waals surface area contributed by atoms with Gasteiger partial charge in [-0.2, -0.15) is 0 Å². The molecule has 5 heteroatoms. The third-order valence-corrected chi connectivity index (χ3v) is 2.95. The Morgan fingerprint density at radius 1 is 0.463 bits per heavy atom. The summed E-state index contributed by atoms with van der Waals surface area (Å²) in [6.07, 6.45) is 3.76. The smallest absolute Gasteiger partial charge is 0.219 e. The molecule has 41 heavy (non-hydrogen) atoms. The topological polar surface area (TPSA) is 75.3 Å². The van der Waals surface area contributed by atoms with Crippen LogP contribution in [0.3, 0.4) is 0 Å². The van der Waals surface area contributed by atoms with Crippen molar-refractivity contribution in [2.24, 2.45) is 0 Å². The van der Waals surface area contributed by atoms with Crippen LogP contribution in [0.4, 0.5) is 0 Å². The van der Waals surface area contributed by atoms with Crippen LogP contribution in [0.1, 0.15) is 131 Å². The first-order valence-corrected chi connectivity index (χ1v) is 14.2. The largest absolute Gasteiger partial charge is 0.357 e. The van der Waals surface area contributed by atoms with Crippen molar-refractivity contribution in [2.45, 2.75) is 131 Å². The number of hydrogen-bond donors (Lipinski definition) is 2.